The highest BCUT2D eigenvalue weighted by atomic mass is 16.6. The van der Waals surface area contributed by atoms with Crippen LogP contribution in [0.15, 0.2) is 24.0 Å². The van der Waals surface area contributed by atoms with Gasteiger partial charge in [-0.25, -0.2) is 9.59 Å². The van der Waals surface area contributed by atoms with Gasteiger partial charge in [-0.05, 0) is 85.7 Å². The van der Waals surface area contributed by atoms with E-state index in [0.717, 1.165) is 20.9 Å². The Labute approximate surface area is 287 Å². The van der Waals surface area contributed by atoms with Gasteiger partial charge in [0.15, 0.2) is 17.6 Å². The van der Waals surface area contributed by atoms with Gasteiger partial charge < -0.3 is 43.9 Å². The van der Waals surface area contributed by atoms with Crippen LogP contribution in [-0.4, -0.2) is 127 Å². The Morgan fingerprint density at radius 2 is 1.78 bits per heavy atom. The molecule has 0 unspecified atom stereocenters. The summed E-state index contributed by atoms with van der Waals surface area (Å²) in [7, 11) is 6.34. The van der Waals surface area contributed by atoms with E-state index in [9.17, 15) is 24.3 Å². The molecule has 3 amide bonds. The summed E-state index contributed by atoms with van der Waals surface area (Å²) in [5, 5.41) is 15.0. The van der Waals surface area contributed by atoms with Crippen molar-refractivity contribution in [3.8, 4) is 11.5 Å². The van der Waals surface area contributed by atoms with E-state index in [0.29, 0.717) is 30.9 Å². The average molecular weight is 687 g/mol. The fraction of sp³-hybridized carbons (Fsp3) is 0.657. The Hall–Kier alpha value is -4.04. The van der Waals surface area contributed by atoms with Crippen molar-refractivity contribution in [2.45, 2.75) is 101 Å². The topological polar surface area (TPSA) is 156 Å². The fourth-order valence-corrected chi connectivity index (χ4v) is 7.67. The lowest BCUT2D eigenvalue weighted by Crippen LogP contribution is -2.74. The molecule has 2 bridgehead atoms. The first kappa shape index (κ1) is 36.2. The van der Waals surface area contributed by atoms with Crippen molar-refractivity contribution in [2.24, 2.45) is 0 Å². The highest BCUT2D eigenvalue weighted by Crippen LogP contribution is 2.65. The van der Waals surface area contributed by atoms with Gasteiger partial charge in [-0.1, -0.05) is 6.07 Å². The first-order valence-electron chi connectivity index (χ1n) is 16.6. The van der Waals surface area contributed by atoms with Crippen LogP contribution in [0.5, 0.6) is 11.5 Å². The van der Waals surface area contributed by atoms with E-state index in [-0.39, 0.29) is 31.3 Å². The van der Waals surface area contributed by atoms with Crippen molar-refractivity contribution < 1.29 is 48.0 Å². The summed E-state index contributed by atoms with van der Waals surface area (Å²) in [6.07, 6.45) is 0.569. The summed E-state index contributed by atoms with van der Waals surface area (Å²) >= 11 is 0. The number of carbonyl (C=O) groups is 4. The molecule has 2 aliphatic heterocycles. The average Bonchev–Trinajstić information content (AvgIpc) is 3.34. The number of piperidine rings is 1. The molecule has 2 aliphatic carbocycles. The number of ether oxygens (including phenoxy) is 5. The van der Waals surface area contributed by atoms with Crippen LogP contribution in [0, 0.1) is 0 Å². The van der Waals surface area contributed by atoms with Crippen LogP contribution in [0.4, 0.5) is 9.59 Å². The zero-order valence-electron chi connectivity index (χ0n) is 30.2. The van der Waals surface area contributed by atoms with E-state index in [1.54, 1.807) is 54.7 Å². The van der Waals surface area contributed by atoms with Gasteiger partial charge in [0.2, 0.25) is 5.91 Å². The minimum absolute atomic E-state index is 0.184. The van der Waals surface area contributed by atoms with Gasteiger partial charge in [-0.3, -0.25) is 14.5 Å². The van der Waals surface area contributed by atoms with Crippen molar-refractivity contribution in [3.63, 3.8) is 0 Å². The van der Waals surface area contributed by atoms with Gasteiger partial charge in [0.1, 0.15) is 29.5 Å². The first-order valence-corrected chi connectivity index (χ1v) is 16.6. The van der Waals surface area contributed by atoms with Crippen molar-refractivity contribution in [1.82, 2.24) is 20.0 Å². The maximum atomic E-state index is 13.9. The molecule has 49 heavy (non-hydrogen) atoms. The number of carbonyl (C=O) groups excluding carboxylic acids is 4. The molecule has 5 atom stereocenters. The summed E-state index contributed by atoms with van der Waals surface area (Å²) in [6.45, 7) is 10.2. The number of aliphatic hydroxyl groups is 1. The molecule has 1 fully saturated rings. The van der Waals surface area contributed by atoms with Gasteiger partial charge in [0, 0.05) is 32.1 Å². The number of likely N-dealkylation sites (tertiary alicyclic amines) is 1. The molecular weight excluding hydrogens is 636 g/mol. The molecule has 1 aromatic rings. The third kappa shape index (κ3) is 6.52. The number of alkyl carbamates (subject to hydrolysis) is 1. The number of benzene rings is 1. The molecule has 14 nitrogen and oxygen atoms in total. The molecule has 14 heteroatoms. The van der Waals surface area contributed by atoms with Gasteiger partial charge in [-0.2, -0.15) is 0 Å². The SMILES string of the molecule is COc1ccc2c3c1O[C@H]1C(OC(=O)N(C)[C@@H](CNC(=O)OC(C)(C)C)C(=O)N(C)CC(=O)OC(C)(C)C)=CC[C@@]4(O)[C@@H](C2)N(C)CC[C@]314. The number of hydrogen-bond acceptors (Lipinski definition) is 11. The lowest BCUT2D eigenvalue weighted by Gasteiger charge is -2.61. The highest BCUT2D eigenvalue weighted by Gasteiger charge is 2.72. The van der Waals surface area contributed by atoms with E-state index in [4.69, 9.17) is 23.7 Å². The molecule has 0 aromatic heterocycles. The third-order valence-electron chi connectivity index (χ3n) is 9.80. The molecule has 1 spiro atoms. The summed E-state index contributed by atoms with van der Waals surface area (Å²) in [6, 6.07) is 2.39. The van der Waals surface area contributed by atoms with Gasteiger partial charge in [0.25, 0.3) is 0 Å². The number of esters is 1. The molecule has 1 aromatic carbocycles. The van der Waals surface area contributed by atoms with Crippen molar-refractivity contribution in [3.05, 3.63) is 35.1 Å². The maximum absolute atomic E-state index is 13.9. The van der Waals surface area contributed by atoms with Crippen LogP contribution in [0.2, 0.25) is 0 Å². The zero-order chi connectivity index (χ0) is 36.3. The van der Waals surface area contributed by atoms with Gasteiger partial charge >= 0.3 is 18.2 Å². The minimum atomic E-state index is -1.29. The number of nitrogens with one attached hydrogen (secondary N) is 1. The molecule has 0 radical (unpaired) electrons. The van der Waals surface area contributed by atoms with E-state index < -0.39 is 58.4 Å². The Bertz CT molecular complexity index is 1550. The second-order valence-electron chi connectivity index (χ2n) is 15.4. The summed E-state index contributed by atoms with van der Waals surface area (Å²) < 4.78 is 29.0. The second-order valence-corrected chi connectivity index (χ2v) is 15.4. The van der Waals surface area contributed by atoms with Crippen LogP contribution in [0.3, 0.4) is 0 Å². The fourth-order valence-electron chi connectivity index (χ4n) is 7.67. The van der Waals surface area contributed by atoms with Crippen LogP contribution < -0.4 is 14.8 Å². The predicted molar refractivity (Wildman–Crippen MR) is 177 cm³/mol. The Morgan fingerprint density at radius 3 is 2.41 bits per heavy atom. The molecule has 270 valence electrons. The van der Waals surface area contributed by atoms with E-state index >= 15 is 0 Å². The molecule has 4 aliphatic rings. The number of hydrogen-bond donors (Lipinski definition) is 2. The highest BCUT2D eigenvalue weighted by molar-refractivity contribution is 5.89. The number of amides is 3. The molecule has 2 heterocycles. The van der Waals surface area contributed by atoms with Gasteiger partial charge in [0.05, 0.1) is 24.7 Å². The molecule has 5 rings (SSSR count). The Balaban J connectivity index is 1.41. The molecule has 0 saturated carbocycles. The molecular formula is C35H50N4O10. The van der Waals surface area contributed by atoms with Crippen molar-refractivity contribution in [2.75, 3.05) is 47.9 Å². The largest absolute Gasteiger partial charge is 0.493 e. The minimum Gasteiger partial charge on any atom is -0.493 e. The quantitative estimate of drug-likeness (QED) is 0.306. The lowest BCUT2D eigenvalue weighted by molar-refractivity contribution is -0.163. The smallest absolute Gasteiger partial charge is 0.415 e. The van der Waals surface area contributed by atoms with Crippen LogP contribution in [0.1, 0.15) is 65.5 Å². The summed E-state index contributed by atoms with van der Waals surface area (Å²) in [4.78, 5) is 57.2. The number of nitrogens with zero attached hydrogens (tertiary/aromatic N) is 3. The Morgan fingerprint density at radius 1 is 1.10 bits per heavy atom. The predicted octanol–water partition coefficient (Wildman–Crippen LogP) is 2.73. The number of methoxy groups -OCH3 is 1. The van der Waals surface area contributed by atoms with Crippen LogP contribution in [-0.2, 0) is 35.6 Å². The van der Waals surface area contributed by atoms with Gasteiger partial charge in [-0.15, -0.1) is 0 Å². The van der Waals surface area contributed by atoms with E-state index in [1.165, 1.54) is 14.1 Å². The van der Waals surface area contributed by atoms with E-state index in [1.807, 2.05) is 19.2 Å². The molecule has 2 N–H and O–H groups in total. The van der Waals surface area contributed by atoms with E-state index in [2.05, 4.69) is 10.2 Å². The number of rotatable bonds is 8. The summed E-state index contributed by atoms with van der Waals surface area (Å²) in [5.41, 5.74) is -1.72. The van der Waals surface area contributed by atoms with Crippen LogP contribution >= 0.6 is 0 Å². The van der Waals surface area contributed by atoms with Crippen LogP contribution in [0.25, 0.3) is 0 Å². The van der Waals surface area contributed by atoms with Crippen molar-refractivity contribution >= 4 is 24.1 Å². The second kappa shape index (κ2) is 12.7. The molecule has 1 saturated heterocycles. The lowest BCUT2D eigenvalue weighted by atomic mass is 9.50. The first-order chi connectivity index (χ1) is 22.7. The summed E-state index contributed by atoms with van der Waals surface area (Å²) in [5.74, 6) is -0.0113. The zero-order valence-corrected chi connectivity index (χ0v) is 30.2. The monoisotopic (exact) mass is 686 g/mol. The van der Waals surface area contributed by atoms with Crippen molar-refractivity contribution in [1.29, 1.82) is 0 Å². The standard InChI is InChI=1S/C35H50N4O10/c1-32(2,3)48-25(40)19-38(8)29(41)21(18-36-30(42)49-33(4,5)6)39(9)31(43)46-23-13-14-35(44)24-17-20-11-12-22(45-10)27-26(20)34(35,28(23)47-27)15-16-37(24)7/h11-13,21,24,28,44H,14-19H2,1-10H3,(H,36,42)/t21-,24+,28-,34-,35+/m0/s1. The normalized spacial score (nSPS) is 25.9. The third-order valence-corrected chi connectivity index (χ3v) is 9.80. The Kier molecular flexibility index (Phi) is 9.39. The number of likely N-dealkylation sites (N-methyl/N-ethyl adjacent to an activating group) is 3. The maximum Gasteiger partial charge on any atom is 0.415 e.